The number of hydrogen-bond acceptors (Lipinski definition) is 3. The van der Waals surface area contributed by atoms with Crippen molar-refractivity contribution in [2.45, 2.75) is 13.0 Å². The average Bonchev–Trinajstić information content (AvgIpc) is 2.85. The van der Waals surface area contributed by atoms with Gasteiger partial charge >= 0.3 is 0 Å². The summed E-state index contributed by atoms with van der Waals surface area (Å²) in [4.78, 5) is 12.7. The Bertz CT molecular complexity index is 490. The molecule has 1 aromatic carbocycles. The zero-order chi connectivity index (χ0) is 12.8. The molecule has 2 rings (SSSR count). The van der Waals surface area contributed by atoms with Gasteiger partial charge in [-0.25, -0.2) is 0 Å². The number of nitrogens with zero attached hydrogens (tertiary/aromatic N) is 1. The number of aldehydes is 1. The fraction of sp³-hybridized carbons (Fsp3) is 0.267. The molecule has 0 N–H and O–H groups in total. The molecule has 2 aromatic rings. The first-order valence-corrected chi connectivity index (χ1v) is 6.04. The molecular weight excluding hydrogens is 226 g/mol. The average molecular weight is 243 g/mol. The summed E-state index contributed by atoms with van der Waals surface area (Å²) in [5, 5.41) is 0. The number of hydrogen-bond donors (Lipinski definition) is 0. The lowest BCUT2D eigenvalue weighted by Gasteiger charge is -2.14. The lowest BCUT2D eigenvalue weighted by atomic mass is 10.1. The maximum Gasteiger partial charge on any atom is 0.185 e. The Morgan fingerprint density at radius 1 is 1.17 bits per heavy atom. The van der Waals surface area contributed by atoms with E-state index in [1.165, 1.54) is 5.56 Å². The van der Waals surface area contributed by atoms with Crippen LogP contribution in [0.4, 0.5) is 0 Å². The quantitative estimate of drug-likeness (QED) is 0.731. The van der Waals surface area contributed by atoms with Gasteiger partial charge in [0.25, 0.3) is 0 Å². The summed E-state index contributed by atoms with van der Waals surface area (Å²) in [6, 6.07) is 13.9. The van der Waals surface area contributed by atoms with E-state index in [4.69, 9.17) is 4.42 Å². The fourth-order valence-electron chi connectivity index (χ4n) is 1.85. The Morgan fingerprint density at radius 2 is 1.94 bits per heavy atom. The predicted octanol–water partition coefficient (Wildman–Crippen LogP) is 2.77. The summed E-state index contributed by atoms with van der Waals surface area (Å²) in [5.74, 6) is 1.22. The smallest absolute Gasteiger partial charge is 0.185 e. The topological polar surface area (TPSA) is 33.5 Å². The maximum absolute atomic E-state index is 10.5. The van der Waals surface area contributed by atoms with Crippen LogP contribution in [0.3, 0.4) is 0 Å². The molecule has 0 saturated carbocycles. The number of furan rings is 1. The molecule has 0 spiro atoms. The minimum atomic E-state index is 0.390. The number of likely N-dealkylation sites (N-methyl/N-ethyl adjacent to an activating group) is 1. The van der Waals surface area contributed by atoms with Crippen molar-refractivity contribution in [2.75, 3.05) is 13.6 Å². The summed E-state index contributed by atoms with van der Waals surface area (Å²) < 4.78 is 5.35. The van der Waals surface area contributed by atoms with Crippen LogP contribution in [-0.4, -0.2) is 24.8 Å². The third-order valence-electron chi connectivity index (χ3n) is 2.85. The summed E-state index contributed by atoms with van der Waals surface area (Å²) in [5.41, 5.74) is 1.33. The van der Waals surface area contributed by atoms with E-state index < -0.39 is 0 Å². The number of rotatable bonds is 6. The van der Waals surface area contributed by atoms with Crippen LogP contribution in [0.1, 0.15) is 21.9 Å². The molecule has 3 heteroatoms. The van der Waals surface area contributed by atoms with Crippen LogP contribution >= 0.6 is 0 Å². The number of benzene rings is 1. The lowest BCUT2D eigenvalue weighted by molar-refractivity contribution is 0.109. The highest BCUT2D eigenvalue weighted by Crippen LogP contribution is 2.09. The van der Waals surface area contributed by atoms with Crippen molar-refractivity contribution in [1.29, 1.82) is 0 Å². The normalized spacial score (nSPS) is 10.8. The lowest BCUT2D eigenvalue weighted by Crippen LogP contribution is -2.20. The molecule has 0 radical (unpaired) electrons. The van der Waals surface area contributed by atoms with Gasteiger partial charge in [-0.15, -0.1) is 0 Å². The molecule has 0 atom stereocenters. The maximum atomic E-state index is 10.5. The van der Waals surface area contributed by atoms with E-state index in [9.17, 15) is 4.79 Å². The first kappa shape index (κ1) is 12.6. The highest BCUT2D eigenvalue weighted by molar-refractivity contribution is 5.70. The second-order valence-corrected chi connectivity index (χ2v) is 4.40. The van der Waals surface area contributed by atoms with Gasteiger partial charge in [-0.3, -0.25) is 9.69 Å². The van der Waals surface area contributed by atoms with Gasteiger partial charge in [0.2, 0.25) is 0 Å². The molecule has 0 unspecified atom stereocenters. The molecule has 94 valence electrons. The molecule has 1 aromatic heterocycles. The Hall–Kier alpha value is -1.87. The molecule has 0 aliphatic rings. The minimum absolute atomic E-state index is 0.390. The molecule has 1 heterocycles. The highest BCUT2D eigenvalue weighted by atomic mass is 16.3. The molecule has 3 nitrogen and oxygen atoms in total. The van der Waals surface area contributed by atoms with E-state index in [2.05, 4.69) is 29.2 Å². The Labute approximate surface area is 107 Å². The van der Waals surface area contributed by atoms with Crippen LogP contribution < -0.4 is 0 Å². The minimum Gasteiger partial charge on any atom is -0.457 e. The second kappa shape index (κ2) is 6.17. The van der Waals surface area contributed by atoms with Crippen molar-refractivity contribution in [3.63, 3.8) is 0 Å². The molecule has 18 heavy (non-hydrogen) atoms. The van der Waals surface area contributed by atoms with Crippen LogP contribution in [0.2, 0.25) is 0 Å². The molecule has 0 bridgehead atoms. The van der Waals surface area contributed by atoms with E-state index >= 15 is 0 Å². The monoisotopic (exact) mass is 243 g/mol. The van der Waals surface area contributed by atoms with Crippen molar-refractivity contribution in [3.8, 4) is 0 Å². The third kappa shape index (κ3) is 3.57. The van der Waals surface area contributed by atoms with Gasteiger partial charge in [0, 0.05) is 6.54 Å². The van der Waals surface area contributed by atoms with Gasteiger partial charge in [-0.05, 0) is 31.2 Å². The molecule has 0 saturated heterocycles. The van der Waals surface area contributed by atoms with Crippen LogP contribution in [0.15, 0.2) is 46.9 Å². The highest BCUT2D eigenvalue weighted by Gasteiger charge is 2.05. The first-order chi connectivity index (χ1) is 8.78. The van der Waals surface area contributed by atoms with E-state index in [1.807, 2.05) is 19.2 Å². The largest absolute Gasteiger partial charge is 0.457 e. The van der Waals surface area contributed by atoms with Gasteiger partial charge < -0.3 is 4.42 Å². The van der Waals surface area contributed by atoms with E-state index in [-0.39, 0.29) is 0 Å². The summed E-state index contributed by atoms with van der Waals surface area (Å²) >= 11 is 0. The van der Waals surface area contributed by atoms with Crippen LogP contribution in [-0.2, 0) is 13.0 Å². The second-order valence-electron chi connectivity index (χ2n) is 4.40. The van der Waals surface area contributed by atoms with Crippen molar-refractivity contribution >= 4 is 6.29 Å². The van der Waals surface area contributed by atoms with Gasteiger partial charge in [-0.2, -0.15) is 0 Å². The summed E-state index contributed by atoms with van der Waals surface area (Å²) in [7, 11) is 2.05. The fourth-order valence-corrected chi connectivity index (χ4v) is 1.85. The standard InChI is InChI=1S/C15H17NO2/c1-16(10-9-13-5-3-2-4-6-13)11-14-7-8-15(12-17)18-14/h2-8,12H,9-11H2,1H3. The summed E-state index contributed by atoms with van der Waals surface area (Å²) in [6.45, 7) is 1.68. The van der Waals surface area contributed by atoms with E-state index in [0.717, 1.165) is 31.6 Å². The van der Waals surface area contributed by atoms with Gasteiger partial charge in [0.1, 0.15) is 5.76 Å². The first-order valence-electron chi connectivity index (χ1n) is 6.04. The van der Waals surface area contributed by atoms with E-state index in [0.29, 0.717) is 5.76 Å². The molecule has 0 fully saturated rings. The van der Waals surface area contributed by atoms with Crippen molar-refractivity contribution < 1.29 is 9.21 Å². The molecule has 0 amide bonds. The van der Waals surface area contributed by atoms with Gasteiger partial charge in [0.15, 0.2) is 12.0 Å². The third-order valence-corrected chi connectivity index (χ3v) is 2.85. The SMILES string of the molecule is CN(CCc1ccccc1)Cc1ccc(C=O)o1. The Balaban J connectivity index is 1.81. The van der Waals surface area contributed by atoms with Crippen LogP contribution in [0, 0.1) is 0 Å². The van der Waals surface area contributed by atoms with Crippen LogP contribution in [0.25, 0.3) is 0 Å². The van der Waals surface area contributed by atoms with Crippen LogP contribution in [0.5, 0.6) is 0 Å². The molecule has 0 aliphatic carbocycles. The van der Waals surface area contributed by atoms with Crippen molar-refractivity contribution in [2.24, 2.45) is 0 Å². The zero-order valence-corrected chi connectivity index (χ0v) is 10.5. The number of carbonyl (C=O) groups is 1. The van der Waals surface area contributed by atoms with Crippen molar-refractivity contribution in [1.82, 2.24) is 4.90 Å². The van der Waals surface area contributed by atoms with Crippen molar-refractivity contribution in [3.05, 3.63) is 59.5 Å². The summed E-state index contributed by atoms with van der Waals surface area (Å²) in [6.07, 6.45) is 1.74. The number of carbonyl (C=O) groups excluding carboxylic acids is 1. The zero-order valence-electron chi connectivity index (χ0n) is 10.5. The molecule has 0 aliphatic heterocycles. The predicted molar refractivity (Wildman–Crippen MR) is 70.6 cm³/mol. The van der Waals surface area contributed by atoms with Gasteiger partial charge in [-0.1, -0.05) is 30.3 Å². The van der Waals surface area contributed by atoms with E-state index in [1.54, 1.807) is 6.07 Å². The molecular formula is C15H17NO2. The Morgan fingerprint density at radius 3 is 2.61 bits per heavy atom. The van der Waals surface area contributed by atoms with Gasteiger partial charge in [0.05, 0.1) is 6.54 Å². The Kier molecular flexibility index (Phi) is 4.31.